The lowest BCUT2D eigenvalue weighted by molar-refractivity contribution is -0.00434. The van der Waals surface area contributed by atoms with Gasteiger partial charge in [-0.25, -0.2) is 0 Å². The van der Waals surface area contributed by atoms with Crippen molar-refractivity contribution in [3.05, 3.63) is 0 Å². The first kappa shape index (κ1) is 11.4. The van der Waals surface area contributed by atoms with Crippen LogP contribution in [0.25, 0.3) is 0 Å². The third-order valence-corrected chi connectivity index (χ3v) is 1.28. The van der Waals surface area contributed by atoms with Crippen LogP contribution in [-0.2, 0) is 9.47 Å². The molecule has 0 fully saturated rings. The summed E-state index contributed by atoms with van der Waals surface area (Å²) in [6.07, 6.45) is 0.00403. The van der Waals surface area contributed by atoms with Gasteiger partial charge in [0.05, 0.1) is 25.4 Å². The standard InChI is InChI=1S/C8H16N2O2/c1-3-11-5-7(2)12-6-8(10)4-9/h7-8H,3,5-6,10H2,1-2H3. The third-order valence-electron chi connectivity index (χ3n) is 1.28. The van der Waals surface area contributed by atoms with E-state index in [1.165, 1.54) is 0 Å². The molecule has 0 amide bonds. The van der Waals surface area contributed by atoms with Crippen LogP contribution >= 0.6 is 0 Å². The number of nitrogens with zero attached hydrogens (tertiary/aromatic N) is 1. The van der Waals surface area contributed by atoms with Crippen LogP contribution in [-0.4, -0.2) is 32.0 Å². The summed E-state index contributed by atoms with van der Waals surface area (Å²) in [5, 5.41) is 8.34. The Labute approximate surface area is 73.3 Å². The number of nitrogens with two attached hydrogens (primary N) is 1. The van der Waals surface area contributed by atoms with E-state index in [1.54, 1.807) is 0 Å². The zero-order valence-corrected chi connectivity index (χ0v) is 7.62. The maximum Gasteiger partial charge on any atom is 0.116 e. The minimum absolute atomic E-state index is 0.00403. The molecular weight excluding hydrogens is 156 g/mol. The molecule has 0 aromatic rings. The molecule has 12 heavy (non-hydrogen) atoms. The number of nitriles is 1. The second kappa shape index (κ2) is 7.04. The predicted molar refractivity (Wildman–Crippen MR) is 45.5 cm³/mol. The van der Waals surface area contributed by atoms with Crippen molar-refractivity contribution in [2.24, 2.45) is 5.73 Å². The molecule has 0 aliphatic rings. The molecule has 70 valence electrons. The molecule has 0 aliphatic heterocycles. The number of ether oxygens (including phenoxy) is 2. The van der Waals surface area contributed by atoms with Gasteiger partial charge in [0.2, 0.25) is 0 Å². The lowest BCUT2D eigenvalue weighted by Gasteiger charge is -2.13. The Bertz CT molecular complexity index is 144. The predicted octanol–water partition coefficient (Wildman–Crippen LogP) is 0.279. The van der Waals surface area contributed by atoms with Gasteiger partial charge < -0.3 is 15.2 Å². The Hall–Kier alpha value is -0.630. The highest BCUT2D eigenvalue weighted by atomic mass is 16.5. The van der Waals surface area contributed by atoms with Crippen LogP contribution in [0, 0.1) is 11.3 Å². The van der Waals surface area contributed by atoms with Crippen LogP contribution in [0.15, 0.2) is 0 Å². The highest BCUT2D eigenvalue weighted by Gasteiger charge is 2.05. The number of hydrogen-bond donors (Lipinski definition) is 1. The van der Waals surface area contributed by atoms with Crippen molar-refractivity contribution in [3.63, 3.8) is 0 Å². The molecule has 2 atom stereocenters. The molecule has 0 aliphatic carbocycles. The van der Waals surface area contributed by atoms with Crippen LogP contribution in [0.4, 0.5) is 0 Å². The van der Waals surface area contributed by atoms with E-state index in [2.05, 4.69) is 0 Å². The van der Waals surface area contributed by atoms with E-state index in [9.17, 15) is 0 Å². The fourth-order valence-electron chi connectivity index (χ4n) is 0.637. The molecular formula is C8H16N2O2. The first-order chi connectivity index (χ1) is 5.70. The molecule has 0 rings (SSSR count). The molecule has 0 saturated carbocycles. The average molecular weight is 172 g/mol. The van der Waals surface area contributed by atoms with Gasteiger partial charge in [-0.1, -0.05) is 0 Å². The van der Waals surface area contributed by atoms with E-state index in [0.29, 0.717) is 13.2 Å². The lowest BCUT2D eigenvalue weighted by atomic mass is 10.3. The highest BCUT2D eigenvalue weighted by Crippen LogP contribution is 1.92. The van der Waals surface area contributed by atoms with Crippen molar-refractivity contribution in [3.8, 4) is 6.07 Å². The van der Waals surface area contributed by atoms with E-state index in [1.807, 2.05) is 19.9 Å². The SMILES string of the molecule is CCOCC(C)OCC(N)C#N. The van der Waals surface area contributed by atoms with Crippen LogP contribution in [0.1, 0.15) is 13.8 Å². The molecule has 0 saturated heterocycles. The van der Waals surface area contributed by atoms with Gasteiger partial charge in [0, 0.05) is 6.61 Å². The monoisotopic (exact) mass is 172 g/mol. The molecule has 0 spiro atoms. The number of rotatable bonds is 6. The van der Waals surface area contributed by atoms with Crippen LogP contribution < -0.4 is 5.73 Å². The van der Waals surface area contributed by atoms with Crippen LogP contribution in [0.3, 0.4) is 0 Å². The summed E-state index contributed by atoms with van der Waals surface area (Å²) in [6, 6.07) is 1.36. The van der Waals surface area contributed by atoms with Crippen molar-refractivity contribution < 1.29 is 9.47 Å². The molecule has 4 nitrogen and oxygen atoms in total. The second-order valence-electron chi connectivity index (χ2n) is 2.54. The quantitative estimate of drug-likeness (QED) is 0.624. The summed E-state index contributed by atoms with van der Waals surface area (Å²) < 4.78 is 10.3. The summed E-state index contributed by atoms with van der Waals surface area (Å²) in [7, 11) is 0. The molecule has 0 aromatic carbocycles. The topological polar surface area (TPSA) is 68.3 Å². The second-order valence-corrected chi connectivity index (χ2v) is 2.54. The molecule has 0 heterocycles. The maximum absolute atomic E-state index is 8.34. The van der Waals surface area contributed by atoms with Gasteiger partial charge in [0.25, 0.3) is 0 Å². The van der Waals surface area contributed by atoms with Crippen molar-refractivity contribution in [1.82, 2.24) is 0 Å². The zero-order chi connectivity index (χ0) is 9.40. The van der Waals surface area contributed by atoms with Gasteiger partial charge in [0.15, 0.2) is 0 Å². The van der Waals surface area contributed by atoms with Crippen molar-refractivity contribution in [1.29, 1.82) is 5.26 Å². The average Bonchev–Trinajstić information content (AvgIpc) is 2.10. The van der Waals surface area contributed by atoms with Crippen molar-refractivity contribution in [2.75, 3.05) is 19.8 Å². The Morgan fingerprint density at radius 2 is 2.17 bits per heavy atom. The normalized spacial score (nSPS) is 15.2. The Morgan fingerprint density at radius 3 is 2.67 bits per heavy atom. The van der Waals surface area contributed by atoms with Crippen LogP contribution in [0.2, 0.25) is 0 Å². The Kier molecular flexibility index (Phi) is 6.67. The Balaban J connectivity index is 3.31. The van der Waals surface area contributed by atoms with Gasteiger partial charge in [-0.15, -0.1) is 0 Å². The van der Waals surface area contributed by atoms with E-state index in [0.717, 1.165) is 0 Å². The van der Waals surface area contributed by atoms with E-state index in [4.69, 9.17) is 20.5 Å². The molecule has 2 unspecified atom stereocenters. The third kappa shape index (κ3) is 6.10. The van der Waals surface area contributed by atoms with Crippen molar-refractivity contribution >= 4 is 0 Å². The van der Waals surface area contributed by atoms with E-state index in [-0.39, 0.29) is 12.7 Å². The molecule has 2 N–H and O–H groups in total. The van der Waals surface area contributed by atoms with Gasteiger partial charge in [-0.3, -0.25) is 0 Å². The largest absolute Gasteiger partial charge is 0.379 e. The fraction of sp³-hybridized carbons (Fsp3) is 0.875. The zero-order valence-electron chi connectivity index (χ0n) is 7.62. The van der Waals surface area contributed by atoms with E-state index >= 15 is 0 Å². The van der Waals surface area contributed by atoms with Crippen molar-refractivity contribution in [2.45, 2.75) is 26.0 Å². The highest BCUT2D eigenvalue weighted by molar-refractivity contribution is 4.86. The summed E-state index contributed by atoms with van der Waals surface area (Å²) in [5.74, 6) is 0. The van der Waals surface area contributed by atoms with E-state index < -0.39 is 6.04 Å². The molecule has 0 aromatic heterocycles. The summed E-state index contributed by atoms with van der Waals surface area (Å²) in [6.45, 7) is 5.31. The Morgan fingerprint density at radius 1 is 1.50 bits per heavy atom. The fourth-order valence-corrected chi connectivity index (χ4v) is 0.637. The van der Waals surface area contributed by atoms with Gasteiger partial charge >= 0.3 is 0 Å². The lowest BCUT2D eigenvalue weighted by Crippen LogP contribution is -2.28. The summed E-state index contributed by atoms with van der Waals surface area (Å²) >= 11 is 0. The maximum atomic E-state index is 8.34. The molecule has 0 radical (unpaired) electrons. The smallest absolute Gasteiger partial charge is 0.116 e. The summed E-state index contributed by atoms with van der Waals surface area (Å²) in [5.41, 5.74) is 5.32. The van der Waals surface area contributed by atoms with Gasteiger partial charge in [-0.05, 0) is 13.8 Å². The first-order valence-electron chi connectivity index (χ1n) is 4.05. The first-order valence-corrected chi connectivity index (χ1v) is 4.05. The van der Waals surface area contributed by atoms with Gasteiger partial charge in [0.1, 0.15) is 6.04 Å². The molecule has 0 bridgehead atoms. The minimum Gasteiger partial charge on any atom is -0.379 e. The molecule has 4 heteroatoms. The van der Waals surface area contributed by atoms with Gasteiger partial charge in [-0.2, -0.15) is 5.26 Å². The summed E-state index contributed by atoms with van der Waals surface area (Å²) in [4.78, 5) is 0. The minimum atomic E-state index is -0.533. The number of hydrogen-bond acceptors (Lipinski definition) is 4. The van der Waals surface area contributed by atoms with Crippen LogP contribution in [0.5, 0.6) is 0 Å².